The molecule has 138 valence electrons. The van der Waals surface area contributed by atoms with Crippen LogP contribution in [0.4, 0.5) is 0 Å². The number of amides is 1. The van der Waals surface area contributed by atoms with Gasteiger partial charge in [-0.1, -0.05) is 19.1 Å². The number of rotatable bonds is 6. The molecule has 2 aliphatic heterocycles. The van der Waals surface area contributed by atoms with Crippen LogP contribution in [0.1, 0.15) is 44.7 Å². The van der Waals surface area contributed by atoms with E-state index >= 15 is 0 Å². The quantitative estimate of drug-likeness (QED) is 0.860. The summed E-state index contributed by atoms with van der Waals surface area (Å²) in [7, 11) is 0. The summed E-state index contributed by atoms with van der Waals surface area (Å²) in [6.45, 7) is 8.84. The second-order valence-electron chi connectivity index (χ2n) is 7.72. The Hall–Kier alpha value is -1.59. The van der Waals surface area contributed by atoms with E-state index < -0.39 is 0 Å². The van der Waals surface area contributed by atoms with Crippen LogP contribution in [-0.4, -0.2) is 55.0 Å². The van der Waals surface area contributed by atoms with E-state index in [9.17, 15) is 4.79 Å². The second kappa shape index (κ2) is 7.75. The summed E-state index contributed by atoms with van der Waals surface area (Å²) in [6, 6.07) is 8.41. The molecule has 5 heteroatoms. The summed E-state index contributed by atoms with van der Waals surface area (Å²) < 4.78 is 5.52. The molecule has 0 aromatic heterocycles. The Balaban J connectivity index is 1.62. The first-order valence-electron chi connectivity index (χ1n) is 9.49. The molecular weight excluding hydrogens is 314 g/mol. The standard InChI is InChI=1S/C20H31N3O2/c1-3-25-17-8-6-16(7-9-17)18-5-4-11-23(18)19(24)13-22-12-10-20(2,14-21)15-22/h6-9,18H,3-5,10-15,21H2,1-2H3. The molecule has 25 heavy (non-hydrogen) atoms. The maximum Gasteiger partial charge on any atom is 0.237 e. The van der Waals surface area contributed by atoms with Crippen molar-refractivity contribution in [2.45, 2.75) is 39.2 Å². The third-order valence-electron chi connectivity index (χ3n) is 5.64. The minimum absolute atomic E-state index is 0.166. The van der Waals surface area contributed by atoms with E-state index in [1.807, 2.05) is 19.1 Å². The molecule has 2 saturated heterocycles. The number of nitrogens with two attached hydrogens (primary N) is 1. The molecule has 1 amide bonds. The Morgan fingerprint density at radius 1 is 1.32 bits per heavy atom. The summed E-state index contributed by atoms with van der Waals surface area (Å²) >= 11 is 0. The average Bonchev–Trinajstić information content (AvgIpc) is 3.24. The molecule has 0 radical (unpaired) electrons. The summed E-state index contributed by atoms with van der Waals surface area (Å²) in [6.07, 6.45) is 3.20. The number of carbonyl (C=O) groups excluding carboxylic acids is 1. The zero-order chi connectivity index (χ0) is 17.9. The molecule has 2 fully saturated rings. The Bertz CT molecular complexity index is 589. The highest BCUT2D eigenvalue weighted by Crippen LogP contribution is 2.34. The zero-order valence-electron chi connectivity index (χ0n) is 15.5. The topological polar surface area (TPSA) is 58.8 Å². The van der Waals surface area contributed by atoms with Gasteiger partial charge in [-0.25, -0.2) is 0 Å². The van der Waals surface area contributed by atoms with Crippen LogP contribution in [0.15, 0.2) is 24.3 Å². The van der Waals surface area contributed by atoms with Crippen LogP contribution in [0.2, 0.25) is 0 Å². The van der Waals surface area contributed by atoms with E-state index in [4.69, 9.17) is 10.5 Å². The maximum absolute atomic E-state index is 12.9. The Kier molecular flexibility index (Phi) is 5.64. The number of carbonyl (C=O) groups is 1. The van der Waals surface area contributed by atoms with Crippen molar-refractivity contribution in [1.82, 2.24) is 9.80 Å². The lowest BCUT2D eigenvalue weighted by Crippen LogP contribution is -2.40. The minimum atomic E-state index is 0.166. The average molecular weight is 345 g/mol. The number of nitrogens with zero attached hydrogens (tertiary/aromatic N) is 2. The van der Waals surface area contributed by atoms with Crippen LogP contribution in [0, 0.1) is 5.41 Å². The fourth-order valence-electron chi connectivity index (χ4n) is 4.07. The predicted octanol–water partition coefficient (Wildman–Crippen LogP) is 2.42. The van der Waals surface area contributed by atoms with Crippen LogP contribution < -0.4 is 10.5 Å². The largest absolute Gasteiger partial charge is 0.494 e. The van der Waals surface area contributed by atoms with Crippen molar-refractivity contribution in [2.24, 2.45) is 11.1 Å². The third kappa shape index (κ3) is 4.15. The molecule has 2 N–H and O–H groups in total. The zero-order valence-corrected chi connectivity index (χ0v) is 15.5. The number of hydrogen-bond acceptors (Lipinski definition) is 4. The molecule has 3 rings (SSSR count). The monoisotopic (exact) mass is 345 g/mol. The summed E-state index contributed by atoms with van der Waals surface area (Å²) in [4.78, 5) is 17.2. The molecule has 5 nitrogen and oxygen atoms in total. The van der Waals surface area contributed by atoms with Crippen LogP contribution in [0.5, 0.6) is 5.75 Å². The maximum atomic E-state index is 12.9. The normalized spacial score (nSPS) is 27.0. The molecular formula is C20H31N3O2. The highest BCUT2D eigenvalue weighted by Gasteiger charge is 2.36. The predicted molar refractivity (Wildman–Crippen MR) is 99.5 cm³/mol. The Labute approximate surface area is 151 Å². The summed E-state index contributed by atoms with van der Waals surface area (Å²) in [5.41, 5.74) is 7.26. The lowest BCUT2D eigenvalue weighted by Gasteiger charge is -2.28. The van der Waals surface area contributed by atoms with Gasteiger partial charge in [0.15, 0.2) is 0 Å². The smallest absolute Gasteiger partial charge is 0.237 e. The fourth-order valence-corrected chi connectivity index (χ4v) is 4.07. The summed E-state index contributed by atoms with van der Waals surface area (Å²) in [5, 5.41) is 0. The van der Waals surface area contributed by atoms with Crippen molar-refractivity contribution in [3.63, 3.8) is 0 Å². The number of likely N-dealkylation sites (tertiary alicyclic amines) is 2. The molecule has 2 unspecified atom stereocenters. The van der Waals surface area contributed by atoms with Gasteiger partial charge in [0.1, 0.15) is 5.75 Å². The van der Waals surface area contributed by atoms with Crippen LogP contribution in [0.25, 0.3) is 0 Å². The van der Waals surface area contributed by atoms with Crippen molar-refractivity contribution in [2.75, 3.05) is 39.3 Å². The minimum Gasteiger partial charge on any atom is -0.494 e. The van der Waals surface area contributed by atoms with Crippen molar-refractivity contribution >= 4 is 5.91 Å². The number of hydrogen-bond donors (Lipinski definition) is 1. The van der Waals surface area contributed by atoms with Gasteiger partial charge in [0.25, 0.3) is 0 Å². The van der Waals surface area contributed by atoms with Gasteiger partial charge in [0.05, 0.1) is 19.2 Å². The van der Waals surface area contributed by atoms with E-state index in [1.54, 1.807) is 0 Å². The van der Waals surface area contributed by atoms with E-state index in [1.165, 1.54) is 5.56 Å². The number of benzene rings is 1. The molecule has 0 bridgehead atoms. The molecule has 1 aromatic rings. The van der Waals surface area contributed by atoms with Gasteiger partial charge in [-0.15, -0.1) is 0 Å². The molecule has 0 aliphatic carbocycles. The molecule has 2 aliphatic rings. The van der Waals surface area contributed by atoms with Gasteiger partial charge >= 0.3 is 0 Å². The first-order valence-corrected chi connectivity index (χ1v) is 9.49. The Morgan fingerprint density at radius 3 is 2.72 bits per heavy atom. The Morgan fingerprint density at radius 2 is 2.08 bits per heavy atom. The highest BCUT2D eigenvalue weighted by atomic mass is 16.5. The molecule has 2 atom stereocenters. The van der Waals surface area contributed by atoms with E-state index in [2.05, 4.69) is 28.9 Å². The van der Waals surface area contributed by atoms with Gasteiger partial charge < -0.3 is 15.4 Å². The van der Waals surface area contributed by atoms with Crippen LogP contribution in [0.3, 0.4) is 0 Å². The van der Waals surface area contributed by atoms with Crippen molar-refractivity contribution < 1.29 is 9.53 Å². The first kappa shape index (κ1) is 18.2. The van der Waals surface area contributed by atoms with Crippen molar-refractivity contribution in [1.29, 1.82) is 0 Å². The van der Waals surface area contributed by atoms with Crippen molar-refractivity contribution in [3.05, 3.63) is 29.8 Å². The van der Waals surface area contributed by atoms with Gasteiger partial charge in [0.2, 0.25) is 5.91 Å². The third-order valence-corrected chi connectivity index (χ3v) is 5.64. The van der Waals surface area contributed by atoms with E-state index in [0.29, 0.717) is 19.7 Å². The SMILES string of the molecule is CCOc1ccc(C2CCCN2C(=O)CN2CCC(C)(CN)C2)cc1. The molecule has 1 aromatic carbocycles. The molecule has 0 spiro atoms. The lowest BCUT2D eigenvalue weighted by molar-refractivity contribution is -0.133. The summed E-state index contributed by atoms with van der Waals surface area (Å²) in [5.74, 6) is 1.14. The fraction of sp³-hybridized carbons (Fsp3) is 0.650. The van der Waals surface area contributed by atoms with E-state index in [-0.39, 0.29) is 17.4 Å². The molecule has 0 saturated carbocycles. The first-order chi connectivity index (χ1) is 12.0. The van der Waals surface area contributed by atoms with Gasteiger partial charge in [-0.2, -0.15) is 0 Å². The highest BCUT2D eigenvalue weighted by molar-refractivity contribution is 5.79. The van der Waals surface area contributed by atoms with E-state index in [0.717, 1.165) is 44.6 Å². The van der Waals surface area contributed by atoms with Gasteiger partial charge in [-0.3, -0.25) is 9.69 Å². The number of ether oxygens (including phenoxy) is 1. The molecule has 2 heterocycles. The van der Waals surface area contributed by atoms with Gasteiger partial charge in [-0.05, 0) is 62.4 Å². The van der Waals surface area contributed by atoms with Crippen molar-refractivity contribution in [3.8, 4) is 5.75 Å². The second-order valence-corrected chi connectivity index (χ2v) is 7.72. The van der Waals surface area contributed by atoms with Crippen LogP contribution in [-0.2, 0) is 4.79 Å². The van der Waals surface area contributed by atoms with Crippen LogP contribution >= 0.6 is 0 Å². The van der Waals surface area contributed by atoms with Gasteiger partial charge in [0, 0.05) is 13.1 Å². The lowest BCUT2D eigenvalue weighted by atomic mass is 9.90.